The molecule has 4 heteroatoms. The number of benzene rings is 1. The molecule has 0 amide bonds. The Balaban J connectivity index is 2.17. The van der Waals surface area contributed by atoms with E-state index in [1.165, 1.54) is 0 Å². The van der Waals surface area contributed by atoms with Crippen LogP contribution < -0.4 is 4.74 Å². The smallest absolute Gasteiger partial charge is 0.167 e. The highest BCUT2D eigenvalue weighted by atomic mass is 79.9. The summed E-state index contributed by atoms with van der Waals surface area (Å²) >= 11 is 3.34. The van der Waals surface area contributed by atoms with Gasteiger partial charge in [-0.05, 0) is 38.1 Å². The van der Waals surface area contributed by atoms with Gasteiger partial charge in [-0.2, -0.15) is 0 Å². The predicted octanol–water partition coefficient (Wildman–Crippen LogP) is 4.02. The van der Waals surface area contributed by atoms with Gasteiger partial charge in [0.2, 0.25) is 0 Å². The van der Waals surface area contributed by atoms with Crippen molar-refractivity contribution >= 4 is 15.9 Å². The zero-order valence-corrected chi connectivity index (χ0v) is 11.4. The highest BCUT2D eigenvalue weighted by molar-refractivity contribution is 9.08. The molecule has 0 aliphatic rings. The first kappa shape index (κ1) is 12.2. The summed E-state index contributed by atoms with van der Waals surface area (Å²) in [5.41, 5.74) is 1.89. The lowest BCUT2D eigenvalue weighted by Crippen LogP contribution is -2.05. The largest absolute Gasteiger partial charge is 0.491 e. The van der Waals surface area contributed by atoms with Gasteiger partial charge in [0, 0.05) is 17.0 Å². The van der Waals surface area contributed by atoms with E-state index in [1.54, 1.807) is 0 Å². The summed E-state index contributed by atoms with van der Waals surface area (Å²) in [6.07, 6.45) is 0.186. The van der Waals surface area contributed by atoms with Gasteiger partial charge in [-0.15, -0.1) is 0 Å². The Labute approximate surface area is 109 Å². The lowest BCUT2D eigenvalue weighted by molar-refractivity contribution is 0.242. The van der Waals surface area contributed by atoms with Crippen molar-refractivity contribution in [2.45, 2.75) is 25.3 Å². The van der Waals surface area contributed by atoms with Gasteiger partial charge in [-0.1, -0.05) is 21.1 Å². The standard InChI is InChI=1S/C13H14BrNO2/c1-9(2)16-12-5-3-10(4-6-12)13-7-11(8-14)15-17-13/h3-7,9H,8H2,1-2H3. The number of ether oxygens (including phenoxy) is 1. The Hall–Kier alpha value is -1.29. The van der Waals surface area contributed by atoms with Crippen molar-refractivity contribution in [1.29, 1.82) is 0 Å². The van der Waals surface area contributed by atoms with Gasteiger partial charge in [-0.25, -0.2) is 0 Å². The molecule has 0 fully saturated rings. The van der Waals surface area contributed by atoms with Crippen molar-refractivity contribution < 1.29 is 9.26 Å². The van der Waals surface area contributed by atoms with Crippen LogP contribution in [0.15, 0.2) is 34.9 Å². The van der Waals surface area contributed by atoms with Gasteiger partial charge in [0.15, 0.2) is 5.76 Å². The van der Waals surface area contributed by atoms with Gasteiger partial charge < -0.3 is 9.26 Å². The molecule has 0 aliphatic carbocycles. The second-order valence-electron chi connectivity index (χ2n) is 4.01. The van der Waals surface area contributed by atoms with E-state index in [4.69, 9.17) is 9.26 Å². The molecule has 0 radical (unpaired) electrons. The van der Waals surface area contributed by atoms with Gasteiger partial charge in [0.25, 0.3) is 0 Å². The number of nitrogens with zero attached hydrogens (tertiary/aromatic N) is 1. The van der Waals surface area contributed by atoms with E-state index < -0.39 is 0 Å². The topological polar surface area (TPSA) is 35.3 Å². The summed E-state index contributed by atoms with van der Waals surface area (Å²) in [5, 5.41) is 4.63. The first-order chi connectivity index (χ1) is 8.19. The van der Waals surface area contributed by atoms with E-state index in [1.807, 2.05) is 44.2 Å². The van der Waals surface area contributed by atoms with Gasteiger partial charge in [0.05, 0.1) is 11.8 Å². The zero-order valence-electron chi connectivity index (χ0n) is 9.81. The molecule has 0 N–H and O–H groups in total. The van der Waals surface area contributed by atoms with Crippen LogP contribution in [0.2, 0.25) is 0 Å². The van der Waals surface area contributed by atoms with Crippen LogP contribution >= 0.6 is 15.9 Å². The molecule has 0 saturated carbocycles. The van der Waals surface area contributed by atoms with E-state index in [-0.39, 0.29) is 6.10 Å². The quantitative estimate of drug-likeness (QED) is 0.799. The van der Waals surface area contributed by atoms with Crippen molar-refractivity contribution in [1.82, 2.24) is 5.16 Å². The van der Waals surface area contributed by atoms with Crippen LogP contribution in [0.1, 0.15) is 19.5 Å². The average molecular weight is 296 g/mol. The fourth-order valence-electron chi connectivity index (χ4n) is 1.48. The number of rotatable bonds is 4. The number of hydrogen-bond acceptors (Lipinski definition) is 3. The van der Waals surface area contributed by atoms with Crippen LogP contribution in [0, 0.1) is 0 Å². The maximum atomic E-state index is 5.58. The number of halogens is 1. The molecule has 2 aromatic rings. The molecule has 17 heavy (non-hydrogen) atoms. The molecule has 0 atom stereocenters. The molecule has 1 aromatic heterocycles. The van der Waals surface area contributed by atoms with E-state index in [2.05, 4.69) is 21.1 Å². The predicted molar refractivity (Wildman–Crippen MR) is 70.3 cm³/mol. The second-order valence-corrected chi connectivity index (χ2v) is 4.57. The molecule has 1 aromatic carbocycles. The van der Waals surface area contributed by atoms with Crippen LogP contribution in [-0.2, 0) is 5.33 Å². The molecular formula is C13H14BrNO2. The van der Waals surface area contributed by atoms with Crippen LogP contribution in [0.4, 0.5) is 0 Å². The summed E-state index contributed by atoms with van der Waals surface area (Å²) < 4.78 is 10.8. The fraction of sp³-hybridized carbons (Fsp3) is 0.308. The average Bonchev–Trinajstić information content (AvgIpc) is 2.78. The maximum Gasteiger partial charge on any atom is 0.167 e. The molecule has 3 nitrogen and oxygen atoms in total. The monoisotopic (exact) mass is 295 g/mol. The van der Waals surface area contributed by atoms with Crippen molar-refractivity contribution in [3.8, 4) is 17.1 Å². The second kappa shape index (κ2) is 5.36. The normalized spacial score (nSPS) is 10.8. The third kappa shape index (κ3) is 3.09. The summed E-state index contributed by atoms with van der Waals surface area (Å²) in [5.74, 6) is 1.64. The third-order valence-electron chi connectivity index (χ3n) is 2.21. The van der Waals surface area contributed by atoms with Gasteiger partial charge >= 0.3 is 0 Å². The van der Waals surface area contributed by atoms with Gasteiger partial charge in [0.1, 0.15) is 5.75 Å². The minimum absolute atomic E-state index is 0.186. The minimum atomic E-state index is 0.186. The molecule has 0 aliphatic heterocycles. The number of aromatic nitrogens is 1. The van der Waals surface area contributed by atoms with Crippen LogP contribution in [0.3, 0.4) is 0 Å². The summed E-state index contributed by atoms with van der Waals surface area (Å²) in [4.78, 5) is 0. The van der Waals surface area contributed by atoms with Crippen LogP contribution in [0.5, 0.6) is 5.75 Å². The first-order valence-electron chi connectivity index (χ1n) is 5.47. The van der Waals surface area contributed by atoms with E-state index in [9.17, 15) is 0 Å². The van der Waals surface area contributed by atoms with Crippen molar-refractivity contribution in [2.75, 3.05) is 0 Å². The Morgan fingerprint density at radius 1 is 1.29 bits per heavy atom. The van der Waals surface area contributed by atoms with Crippen molar-refractivity contribution in [3.05, 3.63) is 36.0 Å². The minimum Gasteiger partial charge on any atom is -0.491 e. The third-order valence-corrected chi connectivity index (χ3v) is 2.78. The Morgan fingerprint density at radius 3 is 2.53 bits per heavy atom. The fourth-order valence-corrected chi connectivity index (χ4v) is 1.75. The highest BCUT2D eigenvalue weighted by Crippen LogP contribution is 2.24. The molecule has 0 spiro atoms. The molecule has 0 saturated heterocycles. The summed E-state index contributed by atoms with van der Waals surface area (Å²) in [6.45, 7) is 4.01. The summed E-state index contributed by atoms with van der Waals surface area (Å²) in [6, 6.07) is 9.73. The Kier molecular flexibility index (Phi) is 3.84. The first-order valence-corrected chi connectivity index (χ1v) is 6.60. The Morgan fingerprint density at radius 2 is 2.00 bits per heavy atom. The highest BCUT2D eigenvalue weighted by Gasteiger charge is 2.06. The van der Waals surface area contributed by atoms with Crippen molar-refractivity contribution in [2.24, 2.45) is 0 Å². The lowest BCUT2D eigenvalue weighted by Gasteiger charge is -2.09. The molecule has 0 bridgehead atoms. The van der Waals surface area contributed by atoms with Crippen molar-refractivity contribution in [3.63, 3.8) is 0 Å². The van der Waals surface area contributed by atoms with Crippen LogP contribution in [-0.4, -0.2) is 11.3 Å². The molecule has 1 heterocycles. The van der Waals surface area contributed by atoms with E-state index in [0.29, 0.717) is 5.33 Å². The van der Waals surface area contributed by atoms with E-state index in [0.717, 1.165) is 22.8 Å². The zero-order chi connectivity index (χ0) is 12.3. The molecule has 2 rings (SSSR count). The Bertz CT molecular complexity index is 476. The number of hydrogen-bond donors (Lipinski definition) is 0. The maximum absolute atomic E-state index is 5.58. The van der Waals surface area contributed by atoms with E-state index >= 15 is 0 Å². The molecule has 90 valence electrons. The lowest BCUT2D eigenvalue weighted by atomic mass is 10.1. The molecule has 0 unspecified atom stereocenters. The number of alkyl halides is 1. The summed E-state index contributed by atoms with van der Waals surface area (Å²) in [7, 11) is 0. The van der Waals surface area contributed by atoms with Gasteiger partial charge in [-0.3, -0.25) is 0 Å². The van der Waals surface area contributed by atoms with Crippen LogP contribution in [0.25, 0.3) is 11.3 Å². The SMILES string of the molecule is CC(C)Oc1ccc(-c2cc(CBr)no2)cc1. The molecular weight excluding hydrogens is 282 g/mol.